The minimum atomic E-state index is -3.12. The van der Waals surface area contributed by atoms with Crippen LogP contribution in [0.25, 0.3) is 0 Å². The molecule has 0 aromatic rings. The van der Waals surface area contributed by atoms with Crippen LogP contribution in [0.4, 0.5) is 0 Å². The van der Waals surface area contributed by atoms with Gasteiger partial charge in [0.25, 0.3) is 0 Å². The van der Waals surface area contributed by atoms with Gasteiger partial charge in [-0.1, -0.05) is 12.2 Å². The van der Waals surface area contributed by atoms with Crippen LogP contribution < -0.4 is 5.32 Å². The molecule has 2 saturated heterocycles. The second-order valence-electron chi connectivity index (χ2n) is 7.54. The van der Waals surface area contributed by atoms with E-state index >= 15 is 0 Å². The van der Waals surface area contributed by atoms with Crippen molar-refractivity contribution in [2.45, 2.75) is 56.7 Å². The number of hydrogen-bond donors (Lipinski definition) is 1. The first-order valence-electron chi connectivity index (χ1n) is 8.39. The number of rotatable bonds is 3. The number of piperidine rings is 1. The summed E-state index contributed by atoms with van der Waals surface area (Å²) in [5, 5.41) is 3.22. The van der Waals surface area contributed by atoms with Crippen LogP contribution in [0.5, 0.6) is 0 Å². The van der Waals surface area contributed by atoms with Crippen molar-refractivity contribution in [1.82, 2.24) is 9.62 Å². The van der Waals surface area contributed by atoms with E-state index in [4.69, 9.17) is 0 Å². The Bertz CT molecular complexity index is 601. The Morgan fingerprint density at radius 3 is 2.27 bits per heavy atom. The number of allylic oxidation sites excluding steroid dienone is 2. The summed E-state index contributed by atoms with van der Waals surface area (Å²) < 4.78 is 25.5. The van der Waals surface area contributed by atoms with E-state index in [1.54, 1.807) is 4.31 Å². The molecular weight excluding hydrogens is 300 g/mol. The third-order valence-corrected chi connectivity index (χ3v) is 7.37. The maximum atomic E-state index is 12.5. The predicted octanol–water partition coefficient (Wildman–Crippen LogP) is 1.27. The van der Waals surface area contributed by atoms with Gasteiger partial charge in [0.15, 0.2) is 0 Å². The van der Waals surface area contributed by atoms with E-state index in [0.717, 1.165) is 38.5 Å². The molecule has 0 spiro atoms. The number of carbonyl (C=O) groups excluding carboxylic acids is 1. The molecule has 0 aromatic carbocycles. The van der Waals surface area contributed by atoms with Crippen LogP contribution in [0, 0.1) is 17.8 Å². The minimum Gasteiger partial charge on any atom is -0.353 e. The molecule has 2 aliphatic heterocycles. The third kappa shape index (κ3) is 2.40. The molecule has 22 heavy (non-hydrogen) atoms. The molecule has 4 aliphatic rings. The highest BCUT2D eigenvalue weighted by Gasteiger charge is 2.46. The molecule has 1 amide bonds. The second kappa shape index (κ2) is 5.06. The van der Waals surface area contributed by atoms with Gasteiger partial charge in [0, 0.05) is 24.0 Å². The molecule has 0 radical (unpaired) electrons. The van der Waals surface area contributed by atoms with Gasteiger partial charge in [-0.15, -0.1) is 0 Å². The van der Waals surface area contributed by atoms with Crippen molar-refractivity contribution >= 4 is 15.9 Å². The van der Waals surface area contributed by atoms with Gasteiger partial charge in [-0.05, 0) is 50.4 Å². The molecule has 4 bridgehead atoms. The SMILES string of the molecule is CS(=O)(=O)N1C2CCC1CC(NC(=O)C1CC3C=CC1C3)C2. The molecule has 3 fully saturated rings. The number of sulfonamides is 1. The van der Waals surface area contributed by atoms with E-state index in [1.807, 2.05) is 0 Å². The number of nitrogens with zero attached hydrogens (tertiary/aromatic N) is 1. The fraction of sp³-hybridized carbons (Fsp3) is 0.812. The van der Waals surface area contributed by atoms with E-state index in [1.165, 1.54) is 6.26 Å². The lowest BCUT2D eigenvalue weighted by molar-refractivity contribution is -0.126. The standard InChI is InChI=1S/C16H24N2O3S/c1-22(20,21)18-13-4-5-14(18)9-12(8-13)17-16(19)15-7-10-2-3-11(15)6-10/h2-3,10-15H,4-9H2,1H3,(H,17,19). The van der Waals surface area contributed by atoms with Crippen LogP contribution in [0.3, 0.4) is 0 Å². The van der Waals surface area contributed by atoms with Gasteiger partial charge >= 0.3 is 0 Å². The Labute approximate surface area is 132 Å². The Kier molecular flexibility index (Phi) is 3.38. The predicted molar refractivity (Wildman–Crippen MR) is 83.5 cm³/mol. The molecule has 5 nitrogen and oxygen atoms in total. The van der Waals surface area contributed by atoms with E-state index in [0.29, 0.717) is 11.8 Å². The zero-order valence-corrected chi connectivity index (χ0v) is 13.8. The van der Waals surface area contributed by atoms with E-state index in [-0.39, 0.29) is 30.0 Å². The highest BCUT2D eigenvalue weighted by atomic mass is 32.2. The van der Waals surface area contributed by atoms with Crippen molar-refractivity contribution in [3.05, 3.63) is 12.2 Å². The van der Waals surface area contributed by atoms with Gasteiger partial charge in [0.1, 0.15) is 0 Å². The summed E-state index contributed by atoms with van der Waals surface area (Å²) in [6.45, 7) is 0. The summed E-state index contributed by atoms with van der Waals surface area (Å²) >= 11 is 0. The molecule has 4 rings (SSSR count). The van der Waals surface area contributed by atoms with Crippen LogP contribution in [0.15, 0.2) is 12.2 Å². The number of hydrogen-bond acceptors (Lipinski definition) is 3. The monoisotopic (exact) mass is 324 g/mol. The van der Waals surface area contributed by atoms with Crippen LogP contribution in [-0.4, -0.2) is 43.0 Å². The molecule has 122 valence electrons. The van der Waals surface area contributed by atoms with Crippen LogP contribution in [-0.2, 0) is 14.8 Å². The topological polar surface area (TPSA) is 66.5 Å². The van der Waals surface area contributed by atoms with Crippen LogP contribution in [0.2, 0.25) is 0 Å². The Morgan fingerprint density at radius 2 is 1.77 bits per heavy atom. The van der Waals surface area contributed by atoms with Crippen molar-refractivity contribution in [3.8, 4) is 0 Å². The number of carbonyl (C=O) groups is 1. The fourth-order valence-electron chi connectivity index (χ4n) is 5.18. The third-order valence-electron chi connectivity index (χ3n) is 6.01. The summed E-state index contributed by atoms with van der Waals surface area (Å²) in [6, 6.07) is 0.309. The normalized spacial score (nSPS) is 43.7. The molecule has 0 aromatic heterocycles. The van der Waals surface area contributed by atoms with Crippen molar-refractivity contribution in [2.24, 2.45) is 17.8 Å². The van der Waals surface area contributed by atoms with Gasteiger partial charge in [-0.3, -0.25) is 4.79 Å². The molecule has 5 atom stereocenters. The summed E-state index contributed by atoms with van der Waals surface area (Å²) in [5.41, 5.74) is 0. The smallest absolute Gasteiger partial charge is 0.223 e. The highest BCUT2D eigenvalue weighted by Crippen LogP contribution is 2.44. The Morgan fingerprint density at radius 1 is 1.09 bits per heavy atom. The largest absolute Gasteiger partial charge is 0.353 e. The maximum Gasteiger partial charge on any atom is 0.223 e. The van der Waals surface area contributed by atoms with Gasteiger partial charge < -0.3 is 5.32 Å². The van der Waals surface area contributed by atoms with Gasteiger partial charge in [0.2, 0.25) is 15.9 Å². The first-order chi connectivity index (χ1) is 10.4. The molecular formula is C16H24N2O3S. The van der Waals surface area contributed by atoms with Gasteiger partial charge in [0.05, 0.1) is 6.26 Å². The molecule has 6 heteroatoms. The first kappa shape index (κ1) is 14.7. The van der Waals surface area contributed by atoms with Crippen molar-refractivity contribution < 1.29 is 13.2 Å². The van der Waals surface area contributed by atoms with Crippen molar-refractivity contribution in [3.63, 3.8) is 0 Å². The Hall–Kier alpha value is -0.880. The van der Waals surface area contributed by atoms with Gasteiger partial charge in [-0.25, -0.2) is 8.42 Å². The average molecular weight is 324 g/mol. The number of amides is 1. The lowest BCUT2D eigenvalue weighted by Crippen LogP contribution is -2.53. The summed E-state index contributed by atoms with van der Waals surface area (Å²) in [6.07, 6.45) is 11.3. The van der Waals surface area contributed by atoms with E-state index in [9.17, 15) is 13.2 Å². The fourth-order valence-corrected chi connectivity index (χ4v) is 6.65. The second-order valence-corrected chi connectivity index (χ2v) is 9.43. The molecule has 5 unspecified atom stereocenters. The van der Waals surface area contributed by atoms with Crippen LogP contribution >= 0.6 is 0 Å². The molecule has 2 heterocycles. The van der Waals surface area contributed by atoms with Crippen molar-refractivity contribution in [1.29, 1.82) is 0 Å². The molecule has 2 aliphatic carbocycles. The lowest BCUT2D eigenvalue weighted by atomic mass is 9.91. The Balaban J connectivity index is 1.40. The zero-order chi connectivity index (χ0) is 15.5. The zero-order valence-electron chi connectivity index (χ0n) is 12.9. The van der Waals surface area contributed by atoms with Gasteiger partial charge in [-0.2, -0.15) is 4.31 Å². The first-order valence-corrected chi connectivity index (χ1v) is 10.2. The van der Waals surface area contributed by atoms with E-state index < -0.39 is 10.0 Å². The molecule has 1 N–H and O–H groups in total. The van der Waals surface area contributed by atoms with E-state index in [2.05, 4.69) is 17.5 Å². The molecule has 1 saturated carbocycles. The maximum absolute atomic E-state index is 12.5. The van der Waals surface area contributed by atoms with Crippen molar-refractivity contribution in [2.75, 3.05) is 6.26 Å². The summed E-state index contributed by atoms with van der Waals surface area (Å²) in [4.78, 5) is 12.5. The van der Waals surface area contributed by atoms with Crippen LogP contribution in [0.1, 0.15) is 38.5 Å². The highest BCUT2D eigenvalue weighted by molar-refractivity contribution is 7.88. The number of nitrogens with one attached hydrogen (secondary N) is 1. The summed E-state index contributed by atoms with van der Waals surface area (Å²) in [5.74, 6) is 1.36. The lowest BCUT2D eigenvalue weighted by Gasteiger charge is -2.37. The summed E-state index contributed by atoms with van der Waals surface area (Å²) in [7, 11) is -3.12. The minimum absolute atomic E-state index is 0.0824. The quantitative estimate of drug-likeness (QED) is 0.795. The average Bonchev–Trinajstić information content (AvgIpc) is 3.11. The number of fused-ring (bicyclic) bond motifs is 4.